The van der Waals surface area contributed by atoms with Gasteiger partial charge in [-0.3, -0.25) is 0 Å². The minimum absolute atomic E-state index is 0.0306. The molecule has 2 atom stereocenters. The van der Waals surface area contributed by atoms with E-state index < -0.39 is 39.7 Å². The molecule has 0 amide bonds. The molecule has 3 aliphatic heterocycles. The molecule has 3 heterocycles. The van der Waals surface area contributed by atoms with Crippen LogP contribution >= 0.6 is 47.0 Å². The summed E-state index contributed by atoms with van der Waals surface area (Å²) in [5.74, 6) is -13.0. The van der Waals surface area contributed by atoms with Gasteiger partial charge in [-0.15, -0.1) is 0 Å². The van der Waals surface area contributed by atoms with Crippen LogP contribution in [0.3, 0.4) is 0 Å². The molecule has 2 aliphatic carbocycles. The Labute approximate surface area is 229 Å². The molecule has 1 aromatic rings. The van der Waals surface area contributed by atoms with Crippen LogP contribution in [-0.4, -0.2) is 29.3 Å². The van der Waals surface area contributed by atoms with Crippen LogP contribution in [0.4, 0.5) is 26.3 Å². The van der Waals surface area contributed by atoms with Gasteiger partial charge in [0.05, 0.1) is 0 Å². The first kappa shape index (κ1) is 26.4. The number of hydrogen-bond acceptors (Lipinski definition) is 4. The second kappa shape index (κ2) is 8.10. The van der Waals surface area contributed by atoms with E-state index in [1.165, 1.54) is 0 Å². The molecule has 1 aromatic carbocycles. The molecule has 2 bridgehead atoms. The summed E-state index contributed by atoms with van der Waals surface area (Å²) in [6.45, 7) is 7.24. The Hall–Kier alpha value is -0.840. The molecule has 0 aromatic heterocycles. The average molecular weight is 591 g/mol. The first-order chi connectivity index (χ1) is 17.2. The minimum atomic E-state index is -5.50. The monoisotopic (exact) mass is 590 g/mol. The molecule has 0 radical (unpaired) electrons. The van der Waals surface area contributed by atoms with Crippen LogP contribution < -0.4 is 0 Å². The Morgan fingerprint density at radius 1 is 0.649 bits per heavy atom. The Morgan fingerprint density at radius 3 is 1.46 bits per heavy atom. The lowest BCUT2D eigenvalue weighted by Crippen LogP contribution is -2.47. The minimum Gasteiger partial charge on any atom is -0.194 e. The molecule has 0 spiro atoms. The van der Waals surface area contributed by atoms with Crippen molar-refractivity contribution in [2.75, 3.05) is 11.5 Å². The Kier molecular flexibility index (Phi) is 5.78. The van der Waals surface area contributed by atoms with E-state index in [0.29, 0.717) is 23.0 Å². The van der Waals surface area contributed by atoms with Crippen molar-refractivity contribution >= 4 is 47.0 Å². The van der Waals surface area contributed by atoms with Gasteiger partial charge in [-0.25, -0.2) is 0 Å². The Bertz CT molecular complexity index is 1270. The molecule has 37 heavy (non-hydrogen) atoms. The fraction of sp³-hybridized carbons (Fsp3) is 0.481. The summed E-state index contributed by atoms with van der Waals surface area (Å²) in [6, 6.07) is 8.29. The third-order valence-electron chi connectivity index (χ3n) is 8.62. The number of fused-ring (bicyclic) bond motifs is 3. The van der Waals surface area contributed by atoms with Crippen LogP contribution in [-0.2, 0) is 11.5 Å². The van der Waals surface area contributed by atoms with Gasteiger partial charge in [0.15, 0.2) is 0 Å². The number of thioether (sulfide) groups is 4. The van der Waals surface area contributed by atoms with Crippen LogP contribution in [0.25, 0.3) is 0 Å². The van der Waals surface area contributed by atoms with E-state index in [1.807, 2.05) is 19.9 Å². The number of alkyl halides is 6. The maximum atomic E-state index is 15.4. The van der Waals surface area contributed by atoms with E-state index in [0.717, 1.165) is 55.6 Å². The molecule has 0 unspecified atom stereocenters. The largest absolute Gasteiger partial charge is 0.380 e. The predicted octanol–water partition coefficient (Wildman–Crippen LogP) is 9.66. The van der Waals surface area contributed by atoms with Crippen LogP contribution in [0, 0.1) is 10.8 Å². The molecular weight excluding hydrogens is 567 g/mol. The van der Waals surface area contributed by atoms with E-state index in [2.05, 4.69) is 18.2 Å². The number of allylic oxidation sites excluding steroid dienone is 6. The first-order valence-electron chi connectivity index (χ1n) is 11.8. The highest BCUT2D eigenvalue weighted by molar-refractivity contribution is 8.08. The number of hydrogen-bond donors (Lipinski definition) is 0. The van der Waals surface area contributed by atoms with Crippen molar-refractivity contribution in [1.29, 1.82) is 0 Å². The fourth-order valence-electron chi connectivity index (χ4n) is 6.45. The van der Waals surface area contributed by atoms with Gasteiger partial charge in [-0.05, 0) is 59.8 Å². The zero-order chi connectivity index (χ0) is 26.8. The normalized spacial score (nSPS) is 33.8. The van der Waals surface area contributed by atoms with Gasteiger partial charge in [0, 0.05) is 54.8 Å². The standard InChI is InChI=1S/C27H24F6S4/c1-13-17-11-34-9-15-6-5-7-16(8-15)10-35-12-18-14(2)37-22-20-19(21(36-13)23(17,3)24(18,22)4)25(28,29)27(32,33)26(20,30)31/h5-8H,9-12H2,1-4H3/t23-,24-/m0/s1. The zero-order valence-corrected chi connectivity index (χ0v) is 23.8. The molecule has 1 saturated carbocycles. The third kappa shape index (κ3) is 3.07. The highest BCUT2D eigenvalue weighted by Gasteiger charge is 2.85. The average Bonchev–Trinajstić information content (AvgIpc) is 3.26. The van der Waals surface area contributed by atoms with Crippen molar-refractivity contribution in [3.05, 3.63) is 77.3 Å². The van der Waals surface area contributed by atoms with Crippen molar-refractivity contribution in [2.24, 2.45) is 10.8 Å². The summed E-state index contributed by atoms with van der Waals surface area (Å²) in [5, 5.41) is 0. The molecule has 5 aliphatic rings. The van der Waals surface area contributed by atoms with Crippen molar-refractivity contribution in [3.8, 4) is 0 Å². The summed E-state index contributed by atoms with van der Waals surface area (Å²) in [4.78, 5) is 1.41. The van der Waals surface area contributed by atoms with Gasteiger partial charge >= 0.3 is 17.8 Å². The molecule has 1 fully saturated rings. The number of benzene rings is 1. The van der Waals surface area contributed by atoms with Crippen molar-refractivity contribution in [2.45, 2.75) is 57.0 Å². The van der Waals surface area contributed by atoms with Gasteiger partial charge in [-0.1, -0.05) is 47.8 Å². The number of rotatable bonds is 0. The van der Waals surface area contributed by atoms with Crippen LogP contribution in [0.2, 0.25) is 0 Å². The smallest absolute Gasteiger partial charge is 0.194 e. The van der Waals surface area contributed by atoms with Crippen molar-refractivity contribution in [3.63, 3.8) is 0 Å². The summed E-state index contributed by atoms with van der Waals surface area (Å²) in [5.41, 5.74) is -0.509. The quantitative estimate of drug-likeness (QED) is 0.276. The maximum absolute atomic E-state index is 15.4. The summed E-state index contributed by atoms with van der Waals surface area (Å²) >= 11 is 5.26. The zero-order valence-electron chi connectivity index (χ0n) is 20.5. The lowest BCUT2D eigenvalue weighted by Gasteiger charge is -2.50. The van der Waals surface area contributed by atoms with Gasteiger partial charge in [0.2, 0.25) is 0 Å². The third-order valence-corrected chi connectivity index (χ3v) is 13.4. The highest BCUT2D eigenvalue weighted by Crippen LogP contribution is 2.80. The van der Waals surface area contributed by atoms with E-state index in [1.54, 1.807) is 37.4 Å². The van der Waals surface area contributed by atoms with Gasteiger partial charge in [0.25, 0.3) is 0 Å². The summed E-state index contributed by atoms with van der Waals surface area (Å²) in [7, 11) is 0. The molecule has 0 saturated heterocycles. The van der Waals surface area contributed by atoms with Gasteiger partial charge in [0.1, 0.15) is 0 Å². The van der Waals surface area contributed by atoms with Crippen molar-refractivity contribution in [1.82, 2.24) is 0 Å². The van der Waals surface area contributed by atoms with Crippen LogP contribution in [0.1, 0.15) is 38.8 Å². The molecule has 198 valence electrons. The lowest BCUT2D eigenvalue weighted by molar-refractivity contribution is -0.258. The molecule has 6 rings (SSSR count). The maximum Gasteiger partial charge on any atom is 0.380 e. The molecular formula is C27H24F6S4. The summed E-state index contributed by atoms with van der Waals surface area (Å²) < 4.78 is 91.6. The van der Waals surface area contributed by atoms with E-state index in [-0.39, 0.29) is 9.81 Å². The molecule has 0 nitrogen and oxygen atoms in total. The first-order valence-corrected chi connectivity index (χ1v) is 15.8. The second-order valence-electron chi connectivity index (χ2n) is 10.5. The number of halogens is 6. The Morgan fingerprint density at radius 2 is 1.05 bits per heavy atom. The van der Waals surface area contributed by atoms with Crippen LogP contribution in [0.15, 0.2) is 66.2 Å². The highest BCUT2D eigenvalue weighted by atomic mass is 32.2. The fourth-order valence-corrected chi connectivity index (χ4v) is 12.2. The van der Waals surface area contributed by atoms with Gasteiger partial charge in [-0.2, -0.15) is 49.9 Å². The van der Waals surface area contributed by atoms with Crippen LogP contribution in [0.5, 0.6) is 0 Å². The van der Waals surface area contributed by atoms with Gasteiger partial charge < -0.3 is 0 Å². The predicted molar refractivity (Wildman–Crippen MR) is 144 cm³/mol. The molecule has 0 N–H and O–H groups in total. The second-order valence-corrected chi connectivity index (χ2v) is 14.9. The summed E-state index contributed by atoms with van der Waals surface area (Å²) in [6.07, 6.45) is 0. The SMILES string of the molecule is CC1=C2CSCc3cccc(c3)CSCC3=C(C)SC4=C5C(=C(S1)[C@@]2(C)[C@@]34C)C(F)(F)C(F)(F)C5(F)F. The van der Waals surface area contributed by atoms with E-state index >= 15 is 17.6 Å². The van der Waals surface area contributed by atoms with E-state index in [4.69, 9.17) is 0 Å². The Balaban J connectivity index is 1.63. The van der Waals surface area contributed by atoms with Crippen molar-refractivity contribution < 1.29 is 26.3 Å². The lowest BCUT2D eigenvalue weighted by atomic mass is 9.55. The van der Waals surface area contributed by atoms with E-state index in [9.17, 15) is 8.78 Å². The molecule has 10 heteroatoms. The topological polar surface area (TPSA) is 0 Å².